The molecule has 0 fully saturated rings. The first kappa shape index (κ1) is 12.3. The number of esters is 1. The quantitative estimate of drug-likeness (QED) is 0.362. The van der Waals surface area contributed by atoms with Crippen LogP contribution in [0.15, 0.2) is 54.6 Å². The summed E-state index contributed by atoms with van der Waals surface area (Å²) in [6.07, 6.45) is 0. The van der Waals surface area contributed by atoms with Crippen LogP contribution >= 0.6 is 0 Å². The maximum Gasteiger partial charge on any atom is 0.330 e. The van der Waals surface area contributed by atoms with Crippen molar-refractivity contribution < 1.29 is 19.1 Å². The molecule has 0 amide bonds. The Morgan fingerprint density at radius 1 is 0.900 bits per heavy atom. The minimum Gasteiger partial charge on any atom is -0.425 e. The number of rotatable bonds is 2. The molecule has 0 aromatic heterocycles. The van der Waals surface area contributed by atoms with E-state index in [0.29, 0.717) is 5.56 Å². The lowest BCUT2D eigenvalue weighted by Crippen LogP contribution is -2.39. The number of fused-ring (bicyclic) bond motifs is 1. The van der Waals surface area contributed by atoms with Gasteiger partial charge in [-0.1, -0.05) is 42.5 Å². The molecule has 0 radical (unpaired) electrons. The molecule has 0 saturated carbocycles. The number of carbonyl (C=O) groups excluding carboxylic acids is 3. The summed E-state index contributed by atoms with van der Waals surface area (Å²) in [5, 5.41) is 0. The van der Waals surface area contributed by atoms with Crippen LogP contribution in [0.3, 0.4) is 0 Å². The molecule has 4 nitrogen and oxygen atoms in total. The summed E-state index contributed by atoms with van der Waals surface area (Å²) in [7, 11) is 0. The molecule has 0 N–H and O–H groups in total. The van der Waals surface area contributed by atoms with E-state index in [9.17, 15) is 14.4 Å². The van der Waals surface area contributed by atoms with E-state index in [1.54, 1.807) is 48.5 Å². The molecular formula is C16H10O4. The van der Waals surface area contributed by atoms with Gasteiger partial charge in [0, 0.05) is 5.56 Å². The zero-order valence-corrected chi connectivity index (χ0v) is 10.4. The van der Waals surface area contributed by atoms with Crippen LogP contribution in [0, 0.1) is 5.92 Å². The van der Waals surface area contributed by atoms with E-state index < -0.39 is 23.5 Å². The highest BCUT2D eigenvalue weighted by Crippen LogP contribution is 2.29. The second kappa shape index (κ2) is 4.74. The van der Waals surface area contributed by atoms with Crippen molar-refractivity contribution in [3.8, 4) is 5.75 Å². The van der Waals surface area contributed by atoms with E-state index in [1.165, 1.54) is 6.07 Å². The molecule has 0 aliphatic carbocycles. The highest BCUT2D eigenvalue weighted by Gasteiger charge is 2.41. The van der Waals surface area contributed by atoms with Crippen LogP contribution in [-0.4, -0.2) is 17.5 Å². The molecule has 0 spiro atoms. The molecule has 1 atom stereocenters. The Balaban J connectivity index is 2.01. The van der Waals surface area contributed by atoms with E-state index in [4.69, 9.17) is 4.74 Å². The summed E-state index contributed by atoms with van der Waals surface area (Å²) < 4.78 is 5.08. The van der Waals surface area contributed by atoms with Gasteiger partial charge in [-0.05, 0) is 12.1 Å². The van der Waals surface area contributed by atoms with Crippen LogP contribution < -0.4 is 4.74 Å². The summed E-state index contributed by atoms with van der Waals surface area (Å²) in [6, 6.07) is 14.7. The number of Topliss-reactive ketones (excluding diaryl/α,β-unsaturated/α-hetero) is 2. The van der Waals surface area contributed by atoms with E-state index in [2.05, 4.69) is 0 Å². The third-order valence-electron chi connectivity index (χ3n) is 3.18. The van der Waals surface area contributed by atoms with Crippen LogP contribution in [0.4, 0.5) is 0 Å². The fourth-order valence-corrected chi connectivity index (χ4v) is 2.18. The van der Waals surface area contributed by atoms with Crippen molar-refractivity contribution >= 4 is 17.5 Å². The van der Waals surface area contributed by atoms with E-state index >= 15 is 0 Å². The molecule has 0 saturated heterocycles. The van der Waals surface area contributed by atoms with Gasteiger partial charge in [0.15, 0.2) is 17.5 Å². The van der Waals surface area contributed by atoms with Gasteiger partial charge in [0.1, 0.15) is 5.75 Å². The Labute approximate surface area is 115 Å². The molecule has 1 aliphatic heterocycles. The van der Waals surface area contributed by atoms with E-state index in [0.717, 1.165) is 0 Å². The second-order valence-electron chi connectivity index (χ2n) is 4.44. The molecule has 4 heteroatoms. The molecule has 1 aliphatic rings. The number of carbonyl (C=O) groups is 3. The summed E-state index contributed by atoms with van der Waals surface area (Å²) >= 11 is 0. The third kappa shape index (κ3) is 1.91. The Morgan fingerprint density at radius 2 is 1.55 bits per heavy atom. The fourth-order valence-electron chi connectivity index (χ4n) is 2.18. The summed E-state index contributed by atoms with van der Waals surface area (Å²) in [6.45, 7) is 0. The summed E-state index contributed by atoms with van der Waals surface area (Å²) in [5.74, 6) is -3.06. The number of ether oxygens (including phenoxy) is 1. The normalized spacial score (nSPS) is 17.3. The lowest BCUT2D eigenvalue weighted by molar-refractivity contribution is -0.136. The van der Waals surface area contributed by atoms with Gasteiger partial charge in [-0.2, -0.15) is 0 Å². The lowest BCUT2D eigenvalue weighted by Gasteiger charge is -2.21. The standard InChI is InChI=1S/C16H10O4/c17-14(10-6-2-1-3-7-10)13-15(18)11-8-4-5-9-12(11)20-16(13)19/h1-9,13H. The molecule has 3 rings (SSSR count). The number of ketones is 2. The zero-order valence-electron chi connectivity index (χ0n) is 10.4. The summed E-state index contributed by atoms with van der Waals surface area (Å²) in [4.78, 5) is 36.5. The molecular weight excluding hydrogens is 256 g/mol. The van der Waals surface area contributed by atoms with Gasteiger partial charge in [0.25, 0.3) is 0 Å². The minimum atomic E-state index is -1.41. The minimum absolute atomic E-state index is 0.208. The molecule has 20 heavy (non-hydrogen) atoms. The van der Waals surface area contributed by atoms with Crippen molar-refractivity contribution in [2.75, 3.05) is 0 Å². The van der Waals surface area contributed by atoms with Crippen molar-refractivity contribution in [1.82, 2.24) is 0 Å². The van der Waals surface area contributed by atoms with Gasteiger partial charge in [0.05, 0.1) is 5.56 Å². The van der Waals surface area contributed by atoms with Crippen LogP contribution in [0.5, 0.6) is 5.75 Å². The Bertz CT molecular complexity index is 703. The van der Waals surface area contributed by atoms with Gasteiger partial charge >= 0.3 is 5.97 Å². The van der Waals surface area contributed by atoms with Crippen molar-refractivity contribution in [3.63, 3.8) is 0 Å². The van der Waals surface area contributed by atoms with Gasteiger partial charge < -0.3 is 4.74 Å². The number of hydrogen-bond donors (Lipinski definition) is 0. The molecule has 0 bridgehead atoms. The Morgan fingerprint density at radius 3 is 2.30 bits per heavy atom. The highest BCUT2D eigenvalue weighted by atomic mass is 16.5. The molecule has 2 aromatic carbocycles. The highest BCUT2D eigenvalue weighted by molar-refractivity contribution is 6.28. The molecule has 98 valence electrons. The first-order chi connectivity index (χ1) is 9.68. The molecule has 1 unspecified atom stereocenters. The van der Waals surface area contributed by atoms with Crippen LogP contribution in [-0.2, 0) is 4.79 Å². The van der Waals surface area contributed by atoms with E-state index in [-0.39, 0.29) is 11.3 Å². The lowest BCUT2D eigenvalue weighted by atomic mass is 9.88. The zero-order chi connectivity index (χ0) is 14.1. The first-order valence-electron chi connectivity index (χ1n) is 6.12. The fraction of sp³-hybridized carbons (Fsp3) is 0.0625. The maximum atomic E-state index is 12.3. The molecule has 1 heterocycles. The van der Waals surface area contributed by atoms with Gasteiger partial charge in [-0.3, -0.25) is 14.4 Å². The monoisotopic (exact) mass is 266 g/mol. The largest absolute Gasteiger partial charge is 0.425 e. The van der Waals surface area contributed by atoms with Crippen LogP contribution in [0.1, 0.15) is 20.7 Å². The predicted octanol–water partition coefficient (Wildman–Crippen LogP) is 2.29. The number of benzene rings is 2. The second-order valence-corrected chi connectivity index (χ2v) is 4.44. The van der Waals surface area contributed by atoms with E-state index in [1.807, 2.05) is 0 Å². The van der Waals surface area contributed by atoms with Crippen molar-refractivity contribution in [3.05, 3.63) is 65.7 Å². The van der Waals surface area contributed by atoms with Crippen molar-refractivity contribution in [2.24, 2.45) is 5.92 Å². The van der Waals surface area contributed by atoms with Crippen molar-refractivity contribution in [2.45, 2.75) is 0 Å². The number of para-hydroxylation sites is 1. The predicted molar refractivity (Wildman–Crippen MR) is 70.7 cm³/mol. The van der Waals surface area contributed by atoms with Crippen LogP contribution in [0.25, 0.3) is 0 Å². The Kier molecular flexibility index (Phi) is 2.91. The third-order valence-corrected chi connectivity index (χ3v) is 3.18. The SMILES string of the molecule is O=C1Oc2ccccc2C(=O)C1C(=O)c1ccccc1. The van der Waals surface area contributed by atoms with Gasteiger partial charge in [0.2, 0.25) is 0 Å². The smallest absolute Gasteiger partial charge is 0.330 e. The van der Waals surface area contributed by atoms with Crippen molar-refractivity contribution in [1.29, 1.82) is 0 Å². The Hall–Kier alpha value is -2.75. The summed E-state index contributed by atoms with van der Waals surface area (Å²) in [5.41, 5.74) is 0.587. The average molecular weight is 266 g/mol. The topological polar surface area (TPSA) is 60.4 Å². The number of hydrogen-bond acceptors (Lipinski definition) is 4. The average Bonchev–Trinajstić information content (AvgIpc) is 2.48. The maximum absolute atomic E-state index is 12.3. The van der Waals surface area contributed by atoms with Crippen LogP contribution in [0.2, 0.25) is 0 Å². The first-order valence-corrected chi connectivity index (χ1v) is 6.12. The van der Waals surface area contributed by atoms with Gasteiger partial charge in [-0.25, -0.2) is 0 Å². The van der Waals surface area contributed by atoms with Gasteiger partial charge in [-0.15, -0.1) is 0 Å². The molecule has 2 aromatic rings.